The van der Waals surface area contributed by atoms with Crippen LogP contribution in [-0.4, -0.2) is 28.0 Å². The Morgan fingerprint density at radius 3 is 2.38 bits per heavy atom. The third kappa shape index (κ3) is 3.22. The molecule has 0 aliphatic rings. The summed E-state index contributed by atoms with van der Waals surface area (Å²) in [7, 11) is 0. The first-order valence-corrected chi connectivity index (χ1v) is 4.75. The van der Waals surface area contributed by atoms with Crippen molar-refractivity contribution >= 4 is 0 Å². The van der Waals surface area contributed by atoms with Crippen LogP contribution in [0, 0.1) is 0 Å². The van der Waals surface area contributed by atoms with Crippen molar-refractivity contribution in [3.63, 3.8) is 0 Å². The molecule has 1 aromatic carbocycles. The zero-order chi connectivity index (χ0) is 12.0. The summed E-state index contributed by atoms with van der Waals surface area (Å²) < 4.78 is 0. The fourth-order valence-electron chi connectivity index (χ4n) is 1.26. The summed E-state index contributed by atoms with van der Waals surface area (Å²) in [6, 6.07) is 6.52. The number of hydrogen-bond acceptors (Lipinski definition) is 4. The monoisotopic (exact) mass is 223 g/mol. The molecule has 6 nitrogen and oxygen atoms in total. The Labute approximate surface area is 92.4 Å². The molecule has 0 aliphatic carbocycles. The van der Waals surface area contributed by atoms with Gasteiger partial charge in [0.15, 0.2) is 0 Å². The van der Waals surface area contributed by atoms with Crippen LogP contribution in [0.25, 0.3) is 10.4 Å². The van der Waals surface area contributed by atoms with E-state index in [1.807, 2.05) is 0 Å². The molecule has 6 heteroatoms. The number of aliphatic hydroxyl groups is 3. The Morgan fingerprint density at radius 2 is 1.88 bits per heavy atom. The first-order valence-electron chi connectivity index (χ1n) is 4.75. The molecule has 1 aromatic rings. The zero-order valence-electron chi connectivity index (χ0n) is 8.56. The van der Waals surface area contributed by atoms with Gasteiger partial charge in [0, 0.05) is 4.91 Å². The van der Waals surface area contributed by atoms with Gasteiger partial charge in [0.2, 0.25) is 0 Å². The largest absolute Gasteiger partial charge is 0.392 e. The average molecular weight is 223 g/mol. The summed E-state index contributed by atoms with van der Waals surface area (Å²) in [6.45, 7) is -0.253. The molecule has 0 bridgehead atoms. The van der Waals surface area contributed by atoms with Crippen molar-refractivity contribution in [2.24, 2.45) is 5.11 Å². The van der Waals surface area contributed by atoms with E-state index in [1.165, 1.54) is 0 Å². The standard InChI is InChI=1S/C10H13N3O3/c11-13-12-5-9(15)10(16)8-3-1-7(6-14)2-4-8/h1-4,9-10,14-16H,5-6H2. The molecule has 0 fully saturated rings. The molecule has 2 atom stereocenters. The maximum absolute atomic E-state index is 9.68. The number of benzene rings is 1. The van der Waals surface area contributed by atoms with Crippen molar-refractivity contribution in [2.75, 3.05) is 6.54 Å². The third-order valence-electron chi connectivity index (χ3n) is 2.20. The van der Waals surface area contributed by atoms with Crippen LogP contribution in [0.2, 0.25) is 0 Å². The van der Waals surface area contributed by atoms with Crippen molar-refractivity contribution in [1.82, 2.24) is 0 Å². The van der Waals surface area contributed by atoms with Gasteiger partial charge in [-0.2, -0.15) is 0 Å². The van der Waals surface area contributed by atoms with Gasteiger partial charge in [0.05, 0.1) is 19.3 Å². The van der Waals surface area contributed by atoms with Gasteiger partial charge in [-0.15, -0.1) is 0 Å². The second-order valence-corrected chi connectivity index (χ2v) is 3.33. The predicted octanol–water partition coefficient (Wildman–Crippen LogP) is 0.883. The molecule has 0 aromatic heterocycles. The highest BCUT2D eigenvalue weighted by Gasteiger charge is 2.17. The van der Waals surface area contributed by atoms with Crippen LogP contribution >= 0.6 is 0 Å². The van der Waals surface area contributed by atoms with Gasteiger partial charge in [-0.25, -0.2) is 0 Å². The van der Waals surface area contributed by atoms with Crippen molar-refractivity contribution in [2.45, 2.75) is 18.8 Å². The van der Waals surface area contributed by atoms with Crippen molar-refractivity contribution in [1.29, 1.82) is 0 Å². The second-order valence-electron chi connectivity index (χ2n) is 3.33. The third-order valence-corrected chi connectivity index (χ3v) is 2.20. The summed E-state index contributed by atoms with van der Waals surface area (Å²) in [6.07, 6.45) is -2.23. The SMILES string of the molecule is [N-]=[N+]=NCC(O)C(O)c1ccc(CO)cc1. The Kier molecular flexibility index (Phi) is 4.75. The van der Waals surface area contributed by atoms with Gasteiger partial charge in [0.1, 0.15) is 6.10 Å². The van der Waals surface area contributed by atoms with Gasteiger partial charge >= 0.3 is 0 Å². The van der Waals surface area contributed by atoms with E-state index in [0.717, 1.165) is 5.56 Å². The molecule has 2 unspecified atom stereocenters. The highest BCUT2D eigenvalue weighted by atomic mass is 16.3. The second kappa shape index (κ2) is 6.09. The van der Waals surface area contributed by atoms with Gasteiger partial charge < -0.3 is 15.3 Å². The first-order chi connectivity index (χ1) is 7.69. The van der Waals surface area contributed by atoms with Crippen LogP contribution < -0.4 is 0 Å². The number of aliphatic hydroxyl groups excluding tert-OH is 3. The Morgan fingerprint density at radius 1 is 1.25 bits per heavy atom. The summed E-state index contributed by atoms with van der Waals surface area (Å²) in [5.41, 5.74) is 9.31. The van der Waals surface area contributed by atoms with E-state index in [2.05, 4.69) is 10.0 Å². The van der Waals surface area contributed by atoms with Crippen LogP contribution in [0.5, 0.6) is 0 Å². The summed E-state index contributed by atoms with van der Waals surface area (Å²) in [5.74, 6) is 0. The minimum atomic E-state index is -1.13. The number of hydrogen-bond donors (Lipinski definition) is 3. The van der Waals surface area contributed by atoms with Crippen molar-refractivity contribution in [3.05, 3.63) is 45.8 Å². The lowest BCUT2D eigenvalue weighted by molar-refractivity contribution is 0.0244. The minimum absolute atomic E-state index is 0.0718. The van der Waals surface area contributed by atoms with E-state index in [4.69, 9.17) is 10.6 Å². The van der Waals surface area contributed by atoms with E-state index in [-0.39, 0.29) is 13.2 Å². The minimum Gasteiger partial charge on any atom is -0.392 e. The lowest BCUT2D eigenvalue weighted by Crippen LogP contribution is -2.21. The molecule has 0 aliphatic heterocycles. The molecule has 1 rings (SSSR count). The lowest BCUT2D eigenvalue weighted by Gasteiger charge is -2.16. The van der Waals surface area contributed by atoms with Crippen LogP contribution in [0.1, 0.15) is 17.2 Å². The molecule has 86 valence electrons. The summed E-state index contributed by atoms with van der Waals surface area (Å²) in [4.78, 5) is 2.50. The van der Waals surface area contributed by atoms with Gasteiger partial charge in [0.25, 0.3) is 0 Å². The normalized spacial score (nSPS) is 13.9. The van der Waals surface area contributed by atoms with E-state index in [1.54, 1.807) is 24.3 Å². The van der Waals surface area contributed by atoms with Gasteiger partial charge in [-0.05, 0) is 16.7 Å². The van der Waals surface area contributed by atoms with E-state index in [0.29, 0.717) is 5.56 Å². The maximum Gasteiger partial charge on any atom is 0.105 e. The van der Waals surface area contributed by atoms with Crippen LogP contribution in [0.4, 0.5) is 0 Å². The quantitative estimate of drug-likeness (QED) is 0.391. The Hall–Kier alpha value is -1.59. The molecule has 16 heavy (non-hydrogen) atoms. The van der Waals surface area contributed by atoms with E-state index < -0.39 is 12.2 Å². The van der Waals surface area contributed by atoms with Crippen LogP contribution in [0.15, 0.2) is 29.4 Å². The van der Waals surface area contributed by atoms with Crippen LogP contribution in [0.3, 0.4) is 0 Å². The van der Waals surface area contributed by atoms with Gasteiger partial charge in [-0.3, -0.25) is 0 Å². The molecule has 0 amide bonds. The highest BCUT2D eigenvalue weighted by molar-refractivity contribution is 5.24. The molecule has 0 saturated carbocycles. The lowest BCUT2D eigenvalue weighted by atomic mass is 10.0. The topological polar surface area (TPSA) is 109 Å². The average Bonchev–Trinajstić information content (AvgIpc) is 2.35. The Balaban J connectivity index is 2.71. The smallest absolute Gasteiger partial charge is 0.105 e. The van der Waals surface area contributed by atoms with Crippen molar-refractivity contribution in [3.8, 4) is 0 Å². The van der Waals surface area contributed by atoms with Gasteiger partial charge in [-0.1, -0.05) is 29.4 Å². The zero-order valence-corrected chi connectivity index (χ0v) is 8.56. The van der Waals surface area contributed by atoms with E-state index >= 15 is 0 Å². The molecule has 3 N–H and O–H groups in total. The fourth-order valence-corrected chi connectivity index (χ4v) is 1.26. The fraction of sp³-hybridized carbons (Fsp3) is 0.400. The molecule has 0 heterocycles. The Bertz CT molecular complexity index is 373. The molecule has 0 radical (unpaired) electrons. The first kappa shape index (κ1) is 12.5. The van der Waals surface area contributed by atoms with Crippen molar-refractivity contribution < 1.29 is 15.3 Å². The molecule has 0 spiro atoms. The highest BCUT2D eigenvalue weighted by Crippen LogP contribution is 2.17. The molecular formula is C10H13N3O3. The summed E-state index contributed by atoms with van der Waals surface area (Å²) >= 11 is 0. The number of nitrogens with zero attached hydrogens (tertiary/aromatic N) is 3. The van der Waals surface area contributed by atoms with E-state index in [9.17, 15) is 10.2 Å². The maximum atomic E-state index is 9.68. The summed E-state index contributed by atoms with van der Waals surface area (Å²) in [5, 5.41) is 31.2. The molecular weight excluding hydrogens is 210 g/mol. The number of rotatable bonds is 5. The molecule has 0 saturated heterocycles. The van der Waals surface area contributed by atoms with Crippen LogP contribution in [-0.2, 0) is 6.61 Å². The number of azide groups is 1. The predicted molar refractivity (Wildman–Crippen MR) is 57.3 cm³/mol.